The lowest BCUT2D eigenvalue weighted by Gasteiger charge is -2.41. The maximum atomic E-state index is 12.2. The molecule has 10 heteroatoms. The minimum atomic E-state index is -0.912. The molecule has 36 heavy (non-hydrogen) atoms. The van der Waals surface area contributed by atoms with Crippen LogP contribution in [0.1, 0.15) is 78.6 Å². The number of unbranched alkanes of at least 4 members (excludes halogenated alkanes) is 5. The fourth-order valence-electron chi connectivity index (χ4n) is 4.76. The van der Waals surface area contributed by atoms with Gasteiger partial charge in [0, 0.05) is 18.4 Å². The molecule has 2 fully saturated rings. The molecule has 0 aromatic rings. The maximum Gasteiger partial charge on any atom is 0.330 e. The first kappa shape index (κ1) is 31.4. The Kier molecular flexibility index (Phi) is 13.1. The molecule has 2 aliphatic heterocycles. The molecule has 0 spiro atoms. The van der Waals surface area contributed by atoms with Crippen LogP contribution in [0, 0.1) is 5.92 Å². The van der Waals surface area contributed by atoms with Gasteiger partial charge < -0.3 is 34.6 Å². The predicted octanol–water partition coefficient (Wildman–Crippen LogP) is 3.15. The molecule has 0 radical (unpaired) electrons. The van der Waals surface area contributed by atoms with E-state index in [9.17, 15) is 24.9 Å². The van der Waals surface area contributed by atoms with E-state index in [1.807, 2.05) is 0 Å². The van der Waals surface area contributed by atoms with Crippen LogP contribution in [0.4, 0.5) is 0 Å². The highest BCUT2D eigenvalue weighted by molar-refractivity contribution is 14.1. The molecule has 0 saturated carbocycles. The molecule has 9 nitrogen and oxygen atoms in total. The van der Waals surface area contributed by atoms with E-state index >= 15 is 0 Å². The van der Waals surface area contributed by atoms with Crippen LogP contribution in [0.5, 0.6) is 0 Å². The van der Waals surface area contributed by atoms with Crippen molar-refractivity contribution in [1.29, 1.82) is 0 Å². The molecule has 0 bridgehead atoms. The van der Waals surface area contributed by atoms with Gasteiger partial charge in [0.2, 0.25) is 0 Å². The minimum absolute atomic E-state index is 0.214. The largest absolute Gasteiger partial charge is 0.481 e. The summed E-state index contributed by atoms with van der Waals surface area (Å²) in [7, 11) is 0. The summed E-state index contributed by atoms with van der Waals surface area (Å²) in [5, 5.41) is 40.0. The van der Waals surface area contributed by atoms with Gasteiger partial charge in [-0.15, -0.1) is 0 Å². The average molecular weight is 627 g/mol. The third-order valence-electron chi connectivity index (χ3n) is 7.20. The van der Waals surface area contributed by atoms with Crippen molar-refractivity contribution in [3.05, 3.63) is 11.6 Å². The van der Waals surface area contributed by atoms with Gasteiger partial charge in [-0.25, -0.2) is 4.79 Å². The van der Waals surface area contributed by atoms with Crippen molar-refractivity contribution in [3.63, 3.8) is 0 Å². The fourth-order valence-corrected chi connectivity index (χ4v) is 5.89. The Hall–Kier alpha value is -0.790. The third-order valence-corrected chi connectivity index (χ3v) is 8.56. The highest BCUT2D eigenvalue weighted by Crippen LogP contribution is 2.46. The van der Waals surface area contributed by atoms with Crippen molar-refractivity contribution in [2.45, 2.75) is 119 Å². The molecule has 0 aromatic carbocycles. The van der Waals surface area contributed by atoms with E-state index in [-0.39, 0.29) is 12.3 Å². The van der Waals surface area contributed by atoms with Crippen LogP contribution in [0.15, 0.2) is 11.6 Å². The molecule has 0 aromatic heterocycles. The lowest BCUT2D eigenvalue weighted by molar-refractivity contribution is -0.161. The van der Waals surface area contributed by atoms with Gasteiger partial charge in [0.1, 0.15) is 12.2 Å². The average Bonchev–Trinajstić information content (AvgIpc) is 3.17. The van der Waals surface area contributed by atoms with Gasteiger partial charge >= 0.3 is 11.9 Å². The van der Waals surface area contributed by atoms with Gasteiger partial charge in [-0.2, -0.15) is 0 Å². The van der Waals surface area contributed by atoms with Crippen LogP contribution >= 0.6 is 22.6 Å². The number of fused-ring (bicyclic) bond motifs is 1. The monoisotopic (exact) mass is 626 g/mol. The van der Waals surface area contributed by atoms with Crippen molar-refractivity contribution >= 4 is 34.5 Å². The number of carboxylic acids is 1. The highest BCUT2D eigenvalue weighted by Gasteiger charge is 2.57. The normalized spacial score (nSPS) is 30.9. The van der Waals surface area contributed by atoms with Crippen LogP contribution in [0.25, 0.3) is 0 Å². The van der Waals surface area contributed by atoms with Gasteiger partial charge in [-0.1, -0.05) is 60.8 Å². The Balaban J connectivity index is 1.73. The van der Waals surface area contributed by atoms with Gasteiger partial charge in [0.05, 0.1) is 41.1 Å². The quantitative estimate of drug-likeness (QED) is 0.0709. The molecule has 8 atom stereocenters. The number of aliphatic carboxylic acids is 1. The molecule has 208 valence electrons. The third kappa shape index (κ3) is 9.50. The van der Waals surface area contributed by atoms with Crippen molar-refractivity contribution in [2.24, 2.45) is 5.92 Å². The molecule has 2 aliphatic rings. The number of carbonyl (C=O) groups excluding carboxylic acids is 1. The highest BCUT2D eigenvalue weighted by atomic mass is 127. The van der Waals surface area contributed by atoms with E-state index in [4.69, 9.17) is 19.3 Å². The summed E-state index contributed by atoms with van der Waals surface area (Å²) in [6, 6.07) is 0. The summed E-state index contributed by atoms with van der Waals surface area (Å²) in [4.78, 5) is 22.6. The van der Waals surface area contributed by atoms with Crippen LogP contribution in [-0.2, 0) is 23.8 Å². The number of hydrogen-bond acceptors (Lipinski definition) is 8. The van der Waals surface area contributed by atoms with E-state index in [0.29, 0.717) is 32.5 Å². The summed E-state index contributed by atoms with van der Waals surface area (Å²) in [5.41, 5.74) is 0.737. The topological polar surface area (TPSA) is 143 Å². The number of alkyl halides is 1. The zero-order valence-corrected chi connectivity index (χ0v) is 23.8. The smallest absolute Gasteiger partial charge is 0.330 e. The summed E-state index contributed by atoms with van der Waals surface area (Å²) in [6.07, 6.45) is 3.80. The van der Waals surface area contributed by atoms with Gasteiger partial charge in [-0.05, 0) is 39.5 Å². The molecule has 2 rings (SSSR count). The van der Waals surface area contributed by atoms with E-state index in [1.54, 1.807) is 20.8 Å². The first-order valence-corrected chi connectivity index (χ1v) is 14.1. The van der Waals surface area contributed by atoms with Crippen LogP contribution in [0.3, 0.4) is 0 Å². The van der Waals surface area contributed by atoms with Crippen molar-refractivity contribution in [1.82, 2.24) is 0 Å². The number of aliphatic hydroxyl groups excluding tert-OH is 3. The standard InChI is InChI=1S/C26H43IO9/c1-16(13-22(31)34-11-9-7-5-4-6-8-10-21(29)30)12-19-24(33)25-26(27,15-35-19)14-20(36-25)23(32)17(2)18(3)28/h13,17-20,23-25,28,32-33H,4-12,14-15H2,1-3H3,(H,29,30)/b16-13+/t17-,18-,19+,20?,23-,24+,25+,26-/m1/s1. The van der Waals surface area contributed by atoms with Crippen LogP contribution < -0.4 is 0 Å². The second kappa shape index (κ2) is 15.0. The fraction of sp³-hybridized carbons (Fsp3) is 0.846. The zero-order valence-electron chi connectivity index (χ0n) is 21.6. The molecule has 0 aliphatic carbocycles. The minimum Gasteiger partial charge on any atom is -0.481 e. The second-order valence-corrected chi connectivity index (χ2v) is 12.5. The van der Waals surface area contributed by atoms with E-state index in [0.717, 1.165) is 37.7 Å². The predicted molar refractivity (Wildman–Crippen MR) is 142 cm³/mol. The number of rotatable bonds is 15. The summed E-state index contributed by atoms with van der Waals surface area (Å²) in [6.45, 7) is 5.90. The number of halogens is 1. The lowest BCUT2D eigenvalue weighted by atomic mass is 9.86. The lowest BCUT2D eigenvalue weighted by Crippen LogP contribution is -2.55. The van der Waals surface area contributed by atoms with Crippen molar-refractivity contribution in [2.75, 3.05) is 13.2 Å². The number of carboxylic acid groups (broad SMARTS) is 1. The number of hydrogen-bond donors (Lipinski definition) is 4. The summed E-state index contributed by atoms with van der Waals surface area (Å²) in [5.74, 6) is -1.54. The molecule has 2 heterocycles. The Morgan fingerprint density at radius 1 is 1.14 bits per heavy atom. The van der Waals surface area contributed by atoms with Gasteiger partial charge in [-0.3, -0.25) is 4.79 Å². The molecule has 1 unspecified atom stereocenters. The Bertz CT molecular complexity index is 743. The SMILES string of the molecule is C/C(=C\C(=O)OCCCCCCCCC(=O)O)C[C@@H]1OC[C@]2(I)CC([C@H](O)[C@H](C)[C@@H](C)O)O[C@H]2[C@H]1O. The van der Waals surface area contributed by atoms with Crippen molar-refractivity contribution < 1.29 is 44.2 Å². The summed E-state index contributed by atoms with van der Waals surface area (Å²) >= 11 is 2.25. The number of esters is 1. The molecule has 4 N–H and O–H groups in total. The van der Waals surface area contributed by atoms with Gasteiger partial charge in [0.25, 0.3) is 0 Å². The molecular weight excluding hydrogens is 583 g/mol. The van der Waals surface area contributed by atoms with E-state index in [2.05, 4.69) is 22.6 Å². The Labute approximate surface area is 227 Å². The first-order valence-electron chi connectivity index (χ1n) is 13.0. The number of ether oxygens (including phenoxy) is 3. The van der Waals surface area contributed by atoms with E-state index in [1.165, 1.54) is 6.08 Å². The Morgan fingerprint density at radius 2 is 1.78 bits per heavy atom. The summed E-state index contributed by atoms with van der Waals surface area (Å²) < 4.78 is 16.9. The number of aliphatic hydroxyl groups is 3. The molecule has 2 saturated heterocycles. The van der Waals surface area contributed by atoms with E-state index < -0.39 is 52.0 Å². The Morgan fingerprint density at radius 3 is 2.42 bits per heavy atom. The molecule has 0 amide bonds. The van der Waals surface area contributed by atoms with Gasteiger partial charge in [0.15, 0.2) is 0 Å². The maximum absolute atomic E-state index is 12.2. The first-order chi connectivity index (χ1) is 16.9. The van der Waals surface area contributed by atoms with Crippen molar-refractivity contribution in [3.8, 4) is 0 Å². The van der Waals surface area contributed by atoms with Crippen LogP contribution in [0.2, 0.25) is 0 Å². The number of carbonyl (C=O) groups is 2. The zero-order chi connectivity index (χ0) is 26.9. The van der Waals surface area contributed by atoms with Crippen LogP contribution in [-0.4, -0.2) is 85.6 Å². The second-order valence-electron chi connectivity index (χ2n) is 10.4. The molecular formula is C26H43IO9.